The molecule has 38 heavy (non-hydrogen) atoms. The number of nitrogens with two attached hydrogens (primary N) is 2. The van der Waals surface area contributed by atoms with E-state index in [0.717, 1.165) is 32.0 Å². The fourth-order valence-electron chi connectivity index (χ4n) is 4.43. The number of halogens is 5. The van der Waals surface area contributed by atoms with Gasteiger partial charge in [0.05, 0.1) is 18.0 Å². The van der Waals surface area contributed by atoms with E-state index in [1.165, 1.54) is 31.2 Å². The van der Waals surface area contributed by atoms with Gasteiger partial charge in [-0.25, -0.2) is 8.78 Å². The van der Waals surface area contributed by atoms with Crippen molar-refractivity contribution in [2.75, 3.05) is 0 Å². The quantitative estimate of drug-likeness (QED) is 0.438. The van der Waals surface area contributed by atoms with Gasteiger partial charge in [-0.05, 0) is 56.4 Å². The maximum atomic E-state index is 14.8. The first-order valence-electron chi connectivity index (χ1n) is 12.0. The molecular formula is C27H29F5N4O2. The number of nitriles is 1. The van der Waals surface area contributed by atoms with E-state index in [9.17, 15) is 36.8 Å². The third kappa shape index (κ3) is 6.13. The number of alkyl halides is 4. The van der Waals surface area contributed by atoms with Crippen molar-refractivity contribution < 1.29 is 31.5 Å². The van der Waals surface area contributed by atoms with Gasteiger partial charge in [-0.3, -0.25) is 9.59 Å². The number of nitrogens with zero attached hydrogens (tertiary/aromatic N) is 2. The van der Waals surface area contributed by atoms with Crippen LogP contribution in [0.4, 0.5) is 22.0 Å². The summed E-state index contributed by atoms with van der Waals surface area (Å²) in [6, 6.07) is 6.45. The normalized spacial score (nSPS) is 17.2. The van der Waals surface area contributed by atoms with Crippen LogP contribution in [0.3, 0.4) is 0 Å². The van der Waals surface area contributed by atoms with Crippen molar-refractivity contribution in [1.29, 1.82) is 5.26 Å². The number of carbonyl (C=O) groups is 2. The highest BCUT2D eigenvalue weighted by Gasteiger charge is 2.60. The lowest BCUT2D eigenvalue weighted by Gasteiger charge is -2.38. The Morgan fingerprint density at radius 3 is 2.05 bits per heavy atom. The van der Waals surface area contributed by atoms with Crippen LogP contribution < -0.4 is 11.5 Å². The molecule has 3 atom stereocenters. The number of hydrogen-bond donors (Lipinski definition) is 2. The monoisotopic (exact) mass is 536 g/mol. The molecule has 11 heteroatoms. The maximum Gasteiger partial charge on any atom is 0.413 e. The van der Waals surface area contributed by atoms with Crippen molar-refractivity contribution >= 4 is 11.8 Å². The van der Waals surface area contributed by atoms with Crippen LogP contribution in [0.2, 0.25) is 0 Å². The second kappa shape index (κ2) is 10.3. The molecule has 0 aromatic heterocycles. The Morgan fingerprint density at radius 2 is 1.63 bits per heavy atom. The van der Waals surface area contributed by atoms with E-state index < -0.39 is 59.4 Å². The molecule has 4 N–H and O–H groups in total. The summed E-state index contributed by atoms with van der Waals surface area (Å²) in [5.41, 5.74) is 7.77. The lowest BCUT2D eigenvalue weighted by Crippen LogP contribution is -2.55. The van der Waals surface area contributed by atoms with Crippen LogP contribution in [0, 0.1) is 17.1 Å². The van der Waals surface area contributed by atoms with Crippen molar-refractivity contribution in [3.8, 4) is 17.2 Å². The number of hydrogen-bond acceptors (Lipinski definition) is 4. The molecule has 0 radical (unpaired) electrons. The molecule has 1 aliphatic rings. The molecule has 1 aliphatic carbocycles. The standard InChI is InChI=1S/C27H29F5N4O2/c1-15(23(35)37)18-8-9-19(20(28)12-18)16-4-6-17(7-5-16)22(27(30,31)32)36(26(14-33)10-11-26)24(38)21(34)13-25(2,3)29/h4-9,12,15,21-22H,10-11,13,34H2,1-3H3,(H2,35,37)/t15?,21-,22-/m0/s1. The third-order valence-electron chi connectivity index (χ3n) is 6.68. The van der Waals surface area contributed by atoms with Crippen LogP contribution in [0.15, 0.2) is 42.5 Å². The molecular weight excluding hydrogens is 507 g/mol. The number of benzene rings is 2. The van der Waals surface area contributed by atoms with Crippen molar-refractivity contribution in [2.24, 2.45) is 11.5 Å². The zero-order valence-corrected chi connectivity index (χ0v) is 21.2. The fourth-order valence-corrected chi connectivity index (χ4v) is 4.43. The van der Waals surface area contributed by atoms with Crippen LogP contribution in [-0.2, 0) is 9.59 Å². The van der Waals surface area contributed by atoms with Crippen LogP contribution in [0.25, 0.3) is 11.1 Å². The average molecular weight is 537 g/mol. The summed E-state index contributed by atoms with van der Waals surface area (Å²) >= 11 is 0. The molecule has 1 unspecified atom stereocenters. The highest BCUT2D eigenvalue weighted by molar-refractivity contribution is 5.84. The summed E-state index contributed by atoms with van der Waals surface area (Å²) in [4.78, 5) is 25.0. The topological polar surface area (TPSA) is 113 Å². The molecule has 1 fully saturated rings. The van der Waals surface area contributed by atoms with E-state index in [-0.39, 0.29) is 29.5 Å². The van der Waals surface area contributed by atoms with Crippen LogP contribution >= 0.6 is 0 Å². The summed E-state index contributed by atoms with van der Waals surface area (Å²) in [5, 5.41) is 9.67. The van der Waals surface area contributed by atoms with Crippen molar-refractivity contribution in [2.45, 2.75) is 75.4 Å². The summed E-state index contributed by atoms with van der Waals surface area (Å²) in [5.74, 6) is -3.25. The lowest BCUT2D eigenvalue weighted by molar-refractivity contribution is -0.198. The Kier molecular flexibility index (Phi) is 7.89. The molecule has 0 aliphatic heterocycles. The molecule has 1 saturated carbocycles. The summed E-state index contributed by atoms with van der Waals surface area (Å²) < 4.78 is 72.4. The average Bonchev–Trinajstić information content (AvgIpc) is 3.61. The predicted molar refractivity (Wildman–Crippen MR) is 130 cm³/mol. The molecule has 0 spiro atoms. The number of rotatable bonds is 9. The Bertz CT molecular complexity index is 1240. The van der Waals surface area contributed by atoms with Gasteiger partial charge in [0.15, 0.2) is 6.04 Å². The van der Waals surface area contributed by atoms with Gasteiger partial charge >= 0.3 is 6.18 Å². The Hall–Kier alpha value is -3.52. The fraction of sp³-hybridized carbons (Fsp3) is 0.444. The molecule has 0 saturated heterocycles. The summed E-state index contributed by atoms with van der Waals surface area (Å²) in [6.07, 6.45) is -5.48. The maximum absolute atomic E-state index is 14.8. The number of amides is 2. The zero-order chi connectivity index (χ0) is 28.6. The molecule has 2 aromatic rings. The van der Waals surface area contributed by atoms with Crippen LogP contribution in [0.1, 0.15) is 63.1 Å². The SMILES string of the molecule is CC(C(N)=O)c1ccc(-c2ccc([C@H](N(C(=O)[C@@H](N)CC(C)(C)F)C3(C#N)CC3)C(F)(F)F)cc2)c(F)c1. The van der Waals surface area contributed by atoms with Gasteiger partial charge in [0, 0.05) is 12.0 Å². The largest absolute Gasteiger partial charge is 0.413 e. The Labute approximate surface area is 217 Å². The number of primary amides is 1. The lowest BCUT2D eigenvalue weighted by atomic mass is 9.94. The van der Waals surface area contributed by atoms with Gasteiger partial charge in [-0.1, -0.05) is 36.4 Å². The first-order valence-corrected chi connectivity index (χ1v) is 12.0. The molecule has 204 valence electrons. The first-order chi connectivity index (χ1) is 17.5. The smallest absolute Gasteiger partial charge is 0.369 e. The van der Waals surface area contributed by atoms with Gasteiger partial charge in [0.2, 0.25) is 11.8 Å². The highest BCUT2D eigenvalue weighted by Crippen LogP contribution is 2.50. The second-order valence-corrected chi connectivity index (χ2v) is 10.3. The molecule has 0 bridgehead atoms. The van der Waals surface area contributed by atoms with E-state index >= 15 is 0 Å². The van der Waals surface area contributed by atoms with Crippen LogP contribution in [-0.4, -0.2) is 40.1 Å². The summed E-state index contributed by atoms with van der Waals surface area (Å²) in [7, 11) is 0. The van der Waals surface area contributed by atoms with Crippen molar-refractivity contribution in [3.05, 3.63) is 59.4 Å². The predicted octanol–water partition coefficient (Wildman–Crippen LogP) is 5.04. The van der Waals surface area contributed by atoms with Crippen molar-refractivity contribution in [1.82, 2.24) is 4.90 Å². The minimum atomic E-state index is -4.99. The molecule has 6 nitrogen and oxygen atoms in total. The second-order valence-electron chi connectivity index (χ2n) is 10.3. The van der Waals surface area contributed by atoms with Crippen LogP contribution in [0.5, 0.6) is 0 Å². The minimum Gasteiger partial charge on any atom is -0.369 e. The van der Waals surface area contributed by atoms with Crippen molar-refractivity contribution in [3.63, 3.8) is 0 Å². The molecule has 0 heterocycles. The minimum absolute atomic E-state index is 0.0208. The Balaban J connectivity index is 2.02. The van der Waals surface area contributed by atoms with E-state index in [1.54, 1.807) is 0 Å². The summed E-state index contributed by atoms with van der Waals surface area (Å²) in [6.45, 7) is 3.83. The first kappa shape index (κ1) is 29.0. The van der Waals surface area contributed by atoms with Gasteiger partial charge < -0.3 is 16.4 Å². The van der Waals surface area contributed by atoms with E-state index in [0.29, 0.717) is 10.5 Å². The molecule has 2 amide bonds. The Morgan fingerprint density at radius 1 is 1.08 bits per heavy atom. The highest BCUT2D eigenvalue weighted by atomic mass is 19.4. The molecule has 2 aromatic carbocycles. The van der Waals surface area contributed by atoms with E-state index in [4.69, 9.17) is 11.5 Å². The van der Waals surface area contributed by atoms with Gasteiger partial charge in [0.1, 0.15) is 17.0 Å². The van der Waals surface area contributed by atoms with Gasteiger partial charge in [-0.2, -0.15) is 18.4 Å². The molecule has 3 rings (SSSR count). The third-order valence-corrected chi connectivity index (χ3v) is 6.68. The zero-order valence-electron chi connectivity index (χ0n) is 21.2. The van der Waals surface area contributed by atoms with E-state index in [1.807, 2.05) is 6.07 Å². The number of carbonyl (C=O) groups excluding carboxylic acids is 2. The van der Waals surface area contributed by atoms with Gasteiger partial charge in [-0.15, -0.1) is 0 Å². The van der Waals surface area contributed by atoms with E-state index in [2.05, 4.69) is 0 Å². The van der Waals surface area contributed by atoms with Gasteiger partial charge in [0.25, 0.3) is 0 Å².